The van der Waals surface area contributed by atoms with E-state index >= 15 is 0 Å². The van der Waals surface area contributed by atoms with E-state index in [9.17, 15) is 0 Å². The molecule has 0 amide bonds. The number of ether oxygens (including phenoxy) is 1. The Balaban J connectivity index is 2.47. The van der Waals surface area contributed by atoms with Crippen molar-refractivity contribution >= 4 is 0 Å². The fourth-order valence-corrected chi connectivity index (χ4v) is 2.55. The fourth-order valence-electron chi connectivity index (χ4n) is 2.55. The maximum absolute atomic E-state index is 5.51. The molecule has 0 aromatic heterocycles. The van der Waals surface area contributed by atoms with Crippen molar-refractivity contribution in [3.8, 4) is 5.75 Å². The van der Waals surface area contributed by atoms with Crippen molar-refractivity contribution in [3.63, 3.8) is 0 Å². The van der Waals surface area contributed by atoms with Gasteiger partial charge < -0.3 is 10.1 Å². The highest BCUT2D eigenvalue weighted by atomic mass is 16.5. The van der Waals surface area contributed by atoms with E-state index < -0.39 is 0 Å². The van der Waals surface area contributed by atoms with E-state index in [2.05, 4.69) is 43.4 Å². The first-order chi connectivity index (χ1) is 9.81. The van der Waals surface area contributed by atoms with Crippen molar-refractivity contribution in [2.45, 2.75) is 65.3 Å². The van der Waals surface area contributed by atoms with Crippen LogP contribution in [0.2, 0.25) is 0 Å². The number of hydrogen-bond acceptors (Lipinski definition) is 2. The molecule has 0 aliphatic heterocycles. The van der Waals surface area contributed by atoms with Crippen LogP contribution in [0.3, 0.4) is 0 Å². The van der Waals surface area contributed by atoms with Crippen molar-refractivity contribution < 1.29 is 4.74 Å². The van der Waals surface area contributed by atoms with Gasteiger partial charge in [-0.2, -0.15) is 0 Å². The highest BCUT2D eigenvalue weighted by Crippen LogP contribution is 2.22. The van der Waals surface area contributed by atoms with Crippen molar-refractivity contribution in [1.82, 2.24) is 5.32 Å². The molecule has 1 aromatic carbocycles. The summed E-state index contributed by atoms with van der Waals surface area (Å²) in [4.78, 5) is 0. The highest BCUT2D eigenvalue weighted by Gasteiger charge is 2.09. The normalized spacial score (nSPS) is 12.3. The molecule has 1 atom stereocenters. The molecule has 0 spiro atoms. The number of nitrogens with one attached hydrogen (secondary N) is 1. The van der Waals surface area contributed by atoms with Gasteiger partial charge in [0.1, 0.15) is 5.75 Å². The lowest BCUT2D eigenvalue weighted by molar-refractivity contribution is 0.340. The van der Waals surface area contributed by atoms with Crippen LogP contribution in [0.25, 0.3) is 0 Å². The van der Waals surface area contributed by atoms with Crippen molar-refractivity contribution in [2.24, 2.45) is 0 Å². The summed E-state index contributed by atoms with van der Waals surface area (Å²) in [5, 5.41) is 3.60. The minimum absolute atomic E-state index is 0.484. The molecule has 0 aliphatic rings. The molecule has 0 heterocycles. The third kappa shape index (κ3) is 6.42. The Kier molecular flexibility index (Phi) is 9.14. The summed E-state index contributed by atoms with van der Waals surface area (Å²) in [6.07, 6.45) is 7.95. The minimum atomic E-state index is 0.484. The van der Waals surface area contributed by atoms with Crippen LogP contribution in [0.4, 0.5) is 0 Å². The molecule has 1 rings (SSSR count). The Hall–Kier alpha value is -1.02. The van der Waals surface area contributed by atoms with Crippen LogP contribution < -0.4 is 10.1 Å². The van der Waals surface area contributed by atoms with Crippen molar-refractivity contribution in [1.29, 1.82) is 0 Å². The standard InChI is InChI=1S/C18H31NO/c1-4-7-8-9-10-11-18(19-5-2)16-12-14-17(15-13-16)20-6-3/h12-15,18-19H,4-11H2,1-3H3. The summed E-state index contributed by atoms with van der Waals surface area (Å²) >= 11 is 0. The van der Waals surface area contributed by atoms with Gasteiger partial charge in [-0.15, -0.1) is 0 Å². The molecule has 114 valence electrons. The van der Waals surface area contributed by atoms with Gasteiger partial charge in [-0.25, -0.2) is 0 Å². The Morgan fingerprint density at radius 3 is 2.25 bits per heavy atom. The van der Waals surface area contributed by atoms with E-state index in [4.69, 9.17) is 4.74 Å². The molecular weight excluding hydrogens is 246 g/mol. The highest BCUT2D eigenvalue weighted by molar-refractivity contribution is 5.29. The van der Waals surface area contributed by atoms with Gasteiger partial charge in [-0.05, 0) is 37.6 Å². The van der Waals surface area contributed by atoms with Gasteiger partial charge in [-0.1, -0.05) is 58.1 Å². The third-order valence-electron chi connectivity index (χ3n) is 3.64. The molecule has 0 aliphatic carbocycles. The maximum atomic E-state index is 5.51. The van der Waals surface area contributed by atoms with Crippen LogP contribution in [-0.4, -0.2) is 13.2 Å². The molecule has 1 unspecified atom stereocenters. The molecule has 0 radical (unpaired) electrons. The van der Waals surface area contributed by atoms with Gasteiger partial charge in [0, 0.05) is 6.04 Å². The minimum Gasteiger partial charge on any atom is -0.494 e. The average molecular weight is 277 g/mol. The van der Waals surface area contributed by atoms with Crippen LogP contribution in [0, 0.1) is 0 Å². The van der Waals surface area contributed by atoms with Gasteiger partial charge in [0.15, 0.2) is 0 Å². The summed E-state index contributed by atoms with van der Waals surface area (Å²) in [5.74, 6) is 0.967. The Morgan fingerprint density at radius 1 is 0.950 bits per heavy atom. The van der Waals surface area contributed by atoms with Gasteiger partial charge >= 0.3 is 0 Å². The second-order valence-electron chi connectivity index (χ2n) is 5.32. The Labute approximate surface area is 124 Å². The Bertz CT molecular complexity index is 334. The number of rotatable bonds is 11. The van der Waals surface area contributed by atoms with Crippen LogP contribution >= 0.6 is 0 Å². The zero-order chi connectivity index (χ0) is 14.6. The van der Waals surface area contributed by atoms with Gasteiger partial charge in [0.2, 0.25) is 0 Å². The number of benzene rings is 1. The quantitative estimate of drug-likeness (QED) is 0.568. The summed E-state index contributed by atoms with van der Waals surface area (Å²) in [7, 11) is 0. The first-order valence-electron chi connectivity index (χ1n) is 8.27. The first-order valence-corrected chi connectivity index (χ1v) is 8.27. The molecular formula is C18H31NO. The van der Waals surface area contributed by atoms with Gasteiger partial charge in [-0.3, -0.25) is 0 Å². The molecule has 0 saturated heterocycles. The third-order valence-corrected chi connectivity index (χ3v) is 3.64. The van der Waals surface area contributed by atoms with Crippen molar-refractivity contribution in [3.05, 3.63) is 29.8 Å². The summed E-state index contributed by atoms with van der Waals surface area (Å²) in [5.41, 5.74) is 1.38. The van der Waals surface area contributed by atoms with E-state index in [0.29, 0.717) is 6.04 Å². The predicted octanol–water partition coefficient (Wildman–Crippen LogP) is 5.10. The maximum Gasteiger partial charge on any atom is 0.119 e. The van der Waals surface area contributed by atoms with Crippen LogP contribution in [0.15, 0.2) is 24.3 Å². The zero-order valence-corrected chi connectivity index (χ0v) is 13.5. The summed E-state index contributed by atoms with van der Waals surface area (Å²) in [6.45, 7) is 8.21. The zero-order valence-electron chi connectivity index (χ0n) is 13.5. The average Bonchev–Trinajstić information content (AvgIpc) is 2.47. The van der Waals surface area contributed by atoms with E-state index in [0.717, 1.165) is 18.9 Å². The van der Waals surface area contributed by atoms with Crippen molar-refractivity contribution in [2.75, 3.05) is 13.2 Å². The SMILES string of the molecule is CCCCCCCC(NCC)c1ccc(OCC)cc1. The monoisotopic (exact) mass is 277 g/mol. The molecule has 0 fully saturated rings. The molecule has 1 aromatic rings. The molecule has 1 N–H and O–H groups in total. The van der Waals surface area contributed by atoms with E-state index in [-0.39, 0.29) is 0 Å². The lowest BCUT2D eigenvalue weighted by atomic mass is 9.99. The van der Waals surface area contributed by atoms with E-state index in [1.807, 2.05) is 6.92 Å². The summed E-state index contributed by atoms with van der Waals surface area (Å²) < 4.78 is 5.51. The van der Waals surface area contributed by atoms with E-state index in [1.54, 1.807) is 0 Å². The van der Waals surface area contributed by atoms with Crippen LogP contribution in [0.5, 0.6) is 5.75 Å². The topological polar surface area (TPSA) is 21.3 Å². The lowest BCUT2D eigenvalue weighted by Crippen LogP contribution is -2.20. The number of unbranched alkanes of at least 4 members (excludes halogenated alkanes) is 4. The first kappa shape index (κ1) is 17.0. The second kappa shape index (κ2) is 10.7. The van der Waals surface area contributed by atoms with Gasteiger partial charge in [0.25, 0.3) is 0 Å². The Morgan fingerprint density at radius 2 is 1.65 bits per heavy atom. The second-order valence-corrected chi connectivity index (χ2v) is 5.32. The fraction of sp³-hybridized carbons (Fsp3) is 0.667. The molecule has 2 heteroatoms. The van der Waals surface area contributed by atoms with Crippen LogP contribution in [0.1, 0.15) is 70.9 Å². The molecule has 0 saturated carbocycles. The predicted molar refractivity (Wildman–Crippen MR) is 87.4 cm³/mol. The van der Waals surface area contributed by atoms with Crippen LogP contribution in [-0.2, 0) is 0 Å². The van der Waals surface area contributed by atoms with Gasteiger partial charge in [0.05, 0.1) is 6.61 Å². The molecule has 2 nitrogen and oxygen atoms in total. The van der Waals surface area contributed by atoms with E-state index in [1.165, 1.54) is 44.1 Å². The largest absolute Gasteiger partial charge is 0.494 e. The molecule has 20 heavy (non-hydrogen) atoms. The number of hydrogen-bond donors (Lipinski definition) is 1. The molecule has 0 bridgehead atoms. The lowest BCUT2D eigenvalue weighted by Gasteiger charge is -2.18. The summed E-state index contributed by atoms with van der Waals surface area (Å²) in [6, 6.07) is 9.05. The smallest absolute Gasteiger partial charge is 0.119 e.